The van der Waals surface area contributed by atoms with Crippen molar-refractivity contribution in [3.8, 4) is 5.75 Å². The molecule has 3 aliphatic heterocycles. The summed E-state index contributed by atoms with van der Waals surface area (Å²) in [7, 11) is 3.74. The number of likely N-dealkylation sites (N-methyl/N-ethyl adjacent to an activating group) is 3. The standard InChI is InChI=1S/C91H123N21O25S/c1-7-9-21-69-84(130)99-59(20-15-31-92)80(126)106-67(79(125)96-41-73(93)116)46-138-47-74(117)98-63(33-50-25-27-54(114)28-26-50)87(133)107(4)49(3)78(124)103-65(38-76(120)121)90(136)111-32-16-24-70(111)85(131)102-62(36-53-40-94-48-97-53)82(128)100-60(29-30-75(118)119)89(135)112-43-55(115)37-72(112)86(132)101-61(34-51-39-95-58-19-13-11-17-56(51)58)81(127)105-66(45-113)83(129)104-64(88(134)109(6)71(22-10-8-2)91(137)108(69)5)35-52-42-110(44-77(122)123)68-23-14-12-18-57(52)68/h11-14,17-19,23,25-28,39-40,42,48-49,55,59-67,69-72,95,113-115H,7-10,15-16,20-22,24,29-38,41,43-47,92H2,1-6H3,(H2,93,116)(H,94,97)(H,96,125)(H,98,117)(H,99,130)(H,100,128)(H,101,132)(H,102,131)(H,103,124)(H,104,129)(H,105,127)(H,106,126)(H,118,119)(H,120,121)(H,122,123)/t49-,55+,59-,60-,61-,62-,63-,64-,65-,66-,67-,69-,70-,71-,72-/m0/s1. The smallest absolute Gasteiger partial charge is 0.323 e. The molecule has 0 radical (unpaired) electrons. The molecular weight excluding hydrogens is 1820 g/mol. The van der Waals surface area contributed by atoms with Crippen LogP contribution in [-0.4, -0.2) is 343 Å². The van der Waals surface area contributed by atoms with Gasteiger partial charge in [-0.25, -0.2) is 4.98 Å². The van der Waals surface area contributed by atoms with E-state index in [-0.39, 0.29) is 81.5 Å². The molecule has 3 aromatic carbocycles. The number of H-pyrrole nitrogens is 2. The molecule has 9 rings (SSSR count). The van der Waals surface area contributed by atoms with E-state index in [4.69, 9.17) is 11.5 Å². The number of aliphatic hydroxyl groups excluding tert-OH is 2. The van der Waals surface area contributed by atoms with Crippen molar-refractivity contribution in [1.82, 2.24) is 97.2 Å². The second kappa shape index (κ2) is 51.2. The Hall–Kier alpha value is -14.1. The van der Waals surface area contributed by atoms with Crippen LogP contribution in [0.4, 0.5) is 0 Å². The predicted molar refractivity (Wildman–Crippen MR) is 496 cm³/mol. The first-order valence-electron chi connectivity index (χ1n) is 45.5. The van der Waals surface area contributed by atoms with Gasteiger partial charge in [0, 0.05) is 125 Å². The number of primary amides is 1. The Labute approximate surface area is 797 Å². The average Bonchev–Trinajstić information content (AvgIpc) is 1.63. The van der Waals surface area contributed by atoms with E-state index in [9.17, 15) is 83.4 Å². The summed E-state index contributed by atoms with van der Waals surface area (Å²) in [4.78, 5) is 289. The van der Waals surface area contributed by atoms with Crippen LogP contribution in [0.25, 0.3) is 21.8 Å². The number of aromatic hydroxyl groups is 1. The summed E-state index contributed by atoms with van der Waals surface area (Å²) in [5.74, 6) is -22.1. The van der Waals surface area contributed by atoms with Crippen LogP contribution in [0.15, 0.2) is 97.7 Å². The average molecular weight is 1940 g/mol. The van der Waals surface area contributed by atoms with E-state index >= 15 is 38.4 Å². The van der Waals surface area contributed by atoms with Gasteiger partial charge in [-0.3, -0.25) is 91.1 Å². The fourth-order valence-corrected chi connectivity index (χ4v) is 17.7. The third-order valence-corrected chi connectivity index (χ3v) is 25.5. The van der Waals surface area contributed by atoms with Crippen LogP contribution in [0.2, 0.25) is 0 Å². The van der Waals surface area contributed by atoms with Crippen molar-refractivity contribution in [3.63, 3.8) is 0 Å². The molecule has 3 aliphatic rings. The zero-order valence-corrected chi connectivity index (χ0v) is 78.2. The first kappa shape index (κ1) is 108. The Morgan fingerprint density at radius 3 is 1.78 bits per heavy atom. The maximum Gasteiger partial charge on any atom is 0.323 e. The molecule has 0 unspecified atom stereocenters. The van der Waals surface area contributed by atoms with Crippen molar-refractivity contribution in [3.05, 3.63) is 120 Å². The van der Waals surface area contributed by atoms with Crippen molar-refractivity contribution in [2.45, 2.75) is 234 Å². The van der Waals surface area contributed by atoms with E-state index in [1.165, 1.54) is 74.8 Å². The highest BCUT2D eigenvalue weighted by Gasteiger charge is 2.47. The van der Waals surface area contributed by atoms with Crippen molar-refractivity contribution < 1.29 is 122 Å². The van der Waals surface area contributed by atoms with Crippen molar-refractivity contribution in [1.29, 1.82) is 0 Å². The van der Waals surface area contributed by atoms with Crippen molar-refractivity contribution in [2.24, 2.45) is 11.5 Å². The second-order valence-corrected chi connectivity index (χ2v) is 35.5. The highest BCUT2D eigenvalue weighted by Crippen LogP contribution is 2.29. The van der Waals surface area contributed by atoms with Gasteiger partial charge in [0.1, 0.15) is 96.9 Å². The number of hydrogen-bond acceptors (Lipinski definition) is 25. The number of nitrogens with zero attached hydrogens (tertiary/aromatic N) is 7. The third-order valence-electron chi connectivity index (χ3n) is 24.4. The molecule has 6 aromatic rings. The number of fused-ring (bicyclic) bond motifs is 4. The number of imidazole rings is 1. The first-order valence-corrected chi connectivity index (χ1v) is 46.7. The van der Waals surface area contributed by atoms with Gasteiger partial charge in [-0.2, -0.15) is 0 Å². The fourth-order valence-electron chi connectivity index (χ4n) is 16.8. The minimum atomic E-state index is -2.02. The van der Waals surface area contributed by atoms with Crippen LogP contribution < -0.4 is 64.6 Å². The van der Waals surface area contributed by atoms with E-state index < -0.39 is 286 Å². The molecule has 46 nitrogen and oxygen atoms in total. The number of para-hydroxylation sites is 2. The summed E-state index contributed by atoms with van der Waals surface area (Å²) < 4.78 is 1.39. The molecule has 47 heteroatoms. The Balaban J connectivity index is 1.12. The van der Waals surface area contributed by atoms with Crippen LogP contribution >= 0.6 is 11.8 Å². The lowest BCUT2D eigenvalue weighted by Gasteiger charge is -2.36. The SMILES string of the molecule is CCCC[C@H]1C(=O)N(C)[C@@H](CCCC)C(=O)N[C@@H](CCCN)C(=O)N[C@H](C(=O)NCC(N)=O)CSCC(=O)N[C@@H](Cc2ccc(O)cc2)C(=O)N(C)[C@@H](C)C(=O)N[C@@H](CC(=O)O)C(=O)N2CCC[C@H]2C(=O)N[C@@H](Cc2cnc[nH]2)C(=O)N[C@@H](CCC(=O)O)C(=O)N2C[C@H](O)C[C@H]2C(=O)N[C@@H](Cc2c[nH]c3ccccc23)C(=O)N[C@@H](CO)C(=O)N[C@@H](Cc2cn(CC(=O)O)c3ccccc23)C(=O)N1C. The van der Waals surface area contributed by atoms with E-state index in [2.05, 4.69) is 68.1 Å². The molecule has 22 N–H and O–H groups in total. The number of carbonyl (C=O) groups is 19. The molecule has 0 aliphatic carbocycles. The zero-order chi connectivity index (χ0) is 101. The number of phenols is 1. The summed E-state index contributed by atoms with van der Waals surface area (Å²) in [6, 6.07) is -4.85. The maximum atomic E-state index is 15.9. The summed E-state index contributed by atoms with van der Waals surface area (Å²) >= 11 is 0.738. The van der Waals surface area contributed by atoms with Crippen LogP contribution in [0.3, 0.4) is 0 Å². The summed E-state index contributed by atoms with van der Waals surface area (Å²) in [6.45, 7) is 1.40. The highest BCUT2D eigenvalue weighted by atomic mass is 32.2. The number of aliphatic carboxylic acids is 3. The van der Waals surface area contributed by atoms with Crippen LogP contribution in [0, 0.1) is 0 Å². The van der Waals surface area contributed by atoms with Crippen molar-refractivity contribution in [2.75, 3.05) is 65.4 Å². The normalized spacial score (nSPS) is 24.4. The van der Waals surface area contributed by atoms with E-state index in [0.29, 0.717) is 52.2 Å². The van der Waals surface area contributed by atoms with Gasteiger partial charge in [0.25, 0.3) is 0 Å². The number of aromatic nitrogens is 4. The maximum absolute atomic E-state index is 15.9. The molecule has 15 atom stereocenters. The summed E-state index contributed by atoms with van der Waals surface area (Å²) in [5, 5.41) is 89.9. The number of amides is 16. The van der Waals surface area contributed by atoms with Gasteiger partial charge in [-0.1, -0.05) is 88.1 Å². The van der Waals surface area contributed by atoms with E-state index in [1.54, 1.807) is 62.4 Å². The molecule has 3 fully saturated rings. The minimum Gasteiger partial charge on any atom is -0.508 e. The van der Waals surface area contributed by atoms with Gasteiger partial charge in [-0.05, 0) is 99.4 Å². The van der Waals surface area contributed by atoms with Crippen molar-refractivity contribution >= 4 is 146 Å². The predicted octanol–water partition coefficient (Wildman–Crippen LogP) is -3.48. The minimum absolute atomic E-state index is 0.0361. The fraction of sp³-hybridized carbons (Fsp3) is 0.516. The lowest BCUT2D eigenvalue weighted by atomic mass is 10.00. The number of thioether (sulfide) groups is 1. The Morgan fingerprint density at radius 2 is 1.13 bits per heavy atom. The molecule has 0 saturated carbocycles. The number of aliphatic hydroxyl groups is 2. The quantitative estimate of drug-likeness (QED) is 0.0227. The van der Waals surface area contributed by atoms with E-state index in [1.807, 2.05) is 0 Å². The number of nitrogens with two attached hydrogens (primary N) is 2. The molecular formula is C91H123N21O25S. The lowest BCUT2D eigenvalue weighted by Crippen LogP contribution is -2.61. The van der Waals surface area contributed by atoms with Crippen LogP contribution in [0.5, 0.6) is 5.75 Å². The number of rotatable bonds is 28. The van der Waals surface area contributed by atoms with Crippen LogP contribution in [0.1, 0.15) is 133 Å². The van der Waals surface area contributed by atoms with Gasteiger partial charge in [0.15, 0.2) is 0 Å². The number of carboxylic acids is 3. The number of benzene rings is 3. The zero-order valence-electron chi connectivity index (χ0n) is 77.4. The Bertz CT molecular complexity index is 5380. The number of hydrogen-bond donors (Lipinski definition) is 20. The molecule has 3 saturated heterocycles. The summed E-state index contributed by atoms with van der Waals surface area (Å²) in [5.41, 5.74) is 13.6. The van der Waals surface area contributed by atoms with Gasteiger partial charge in [0.05, 0.1) is 37.8 Å². The first-order chi connectivity index (χ1) is 65.7. The number of carbonyl (C=O) groups excluding carboxylic acids is 16. The van der Waals surface area contributed by atoms with Gasteiger partial charge >= 0.3 is 17.9 Å². The summed E-state index contributed by atoms with van der Waals surface area (Å²) in [6.07, 6.45) is 0.389. The largest absolute Gasteiger partial charge is 0.508 e. The highest BCUT2D eigenvalue weighted by molar-refractivity contribution is 8.00. The topological polar surface area (TPSA) is 684 Å². The molecule has 748 valence electrons. The molecule has 3 aromatic heterocycles. The molecule has 0 spiro atoms. The number of phenolic OH excluding ortho intramolecular Hbond substituents is 1. The number of carboxylic acid groups (broad SMARTS) is 3. The van der Waals surface area contributed by atoms with Gasteiger partial charge in [0.2, 0.25) is 94.5 Å². The van der Waals surface area contributed by atoms with Crippen LogP contribution in [-0.2, 0) is 123 Å². The second-order valence-electron chi connectivity index (χ2n) is 34.5. The molecule has 16 amide bonds. The third kappa shape index (κ3) is 29.5. The number of nitrogens with one attached hydrogen (secondary N) is 12. The number of unbranched alkanes of at least 4 members (excludes halogenated alkanes) is 2. The lowest BCUT2D eigenvalue weighted by molar-refractivity contribution is -0.149. The Morgan fingerprint density at radius 1 is 0.551 bits per heavy atom. The molecule has 6 heterocycles. The molecule has 138 heavy (non-hydrogen) atoms. The van der Waals surface area contributed by atoms with Gasteiger partial charge < -0.3 is 134 Å². The number of aromatic amines is 2. The molecule has 0 bridgehead atoms. The van der Waals surface area contributed by atoms with E-state index in [0.717, 1.165) is 43.3 Å². The van der Waals surface area contributed by atoms with Gasteiger partial charge in [-0.15, -0.1) is 11.8 Å². The monoisotopic (exact) mass is 1940 g/mol. The Kier molecular flexibility index (Phi) is 39.9.